The average molecular weight is 357 g/mol. The Kier molecular flexibility index (Phi) is 4.71. The van der Waals surface area contributed by atoms with Gasteiger partial charge in [0.05, 0.1) is 11.6 Å². The van der Waals surface area contributed by atoms with Crippen molar-refractivity contribution in [3.05, 3.63) is 30.0 Å². The van der Waals surface area contributed by atoms with Crippen LogP contribution in [0.1, 0.15) is 44.0 Å². The molecule has 1 fully saturated rings. The number of primary amides is 1. The highest BCUT2D eigenvalue weighted by Gasteiger charge is 2.23. The Morgan fingerprint density at radius 2 is 2.15 bits per heavy atom. The Labute approximate surface area is 151 Å². The summed E-state index contributed by atoms with van der Waals surface area (Å²) in [4.78, 5) is 27.4. The summed E-state index contributed by atoms with van der Waals surface area (Å²) in [6, 6.07) is 5.18. The highest BCUT2D eigenvalue weighted by Crippen LogP contribution is 2.32. The normalized spacial score (nSPS) is 17.2. The average Bonchev–Trinajstić information content (AvgIpc) is 2.96. The lowest BCUT2D eigenvalue weighted by Gasteiger charge is -2.23. The van der Waals surface area contributed by atoms with Crippen LogP contribution < -0.4 is 20.5 Å². The number of carbonyl (C=O) groups is 2. The zero-order chi connectivity index (χ0) is 18.9. The molecule has 1 saturated heterocycles. The third kappa shape index (κ3) is 4.04. The molecule has 0 spiro atoms. The number of nitrogens with zero attached hydrogens (tertiary/aromatic N) is 1. The van der Waals surface area contributed by atoms with Gasteiger partial charge in [-0.2, -0.15) is 0 Å². The molecular weight excluding hydrogens is 334 g/mol. The molecule has 3 N–H and O–H groups in total. The van der Waals surface area contributed by atoms with Crippen LogP contribution in [0.5, 0.6) is 11.6 Å². The zero-order valence-corrected chi connectivity index (χ0v) is 15.2. The van der Waals surface area contributed by atoms with Crippen LogP contribution in [0.3, 0.4) is 0 Å². The Morgan fingerprint density at radius 1 is 1.38 bits per heavy atom. The van der Waals surface area contributed by atoms with Gasteiger partial charge in [-0.1, -0.05) is 0 Å². The molecule has 3 rings (SSSR count). The second-order valence-electron chi connectivity index (χ2n) is 7.38. The Hall–Kier alpha value is -2.83. The minimum atomic E-state index is -0.556. The van der Waals surface area contributed by atoms with Crippen molar-refractivity contribution in [1.29, 1.82) is 0 Å². The van der Waals surface area contributed by atoms with Gasteiger partial charge in [-0.25, -0.2) is 4.98 Å². The Bertz CT molecular complexity index is 858. The minimum Gasteiger partial charge on any atom is -0.487 e. The van der Waals surface area contributed by atoms with E-state index in [0.717, 1.165) is 17.2 Å². The first-order valence-corrected chi connectivity index (χ1v) is 8.57. The van der Waals surface area contributed by atoms with Crippen molar-refractivity contribution in [3.63, 3.8) is 0 Å². The van der Waals surface area contributed by atoms with Crippen LogP contribution in [0.2, 0.25) is 0 Å². The summed E-state index contributed by atoms with van der Waals surface area (Å²) in [7, 11) is 0. The van der Waals surface area contributed by atoms with Crippen molar-refractivity contribution in [3.8, 4) is 11.6 Å². The molecule has 2 amide bonds. The molecule has 1 atom stereocenters. The number of pyridine rings is 1. The van der Waals surface area contributed by atoms with Gasteiger partial charge in [0.2, 0.25) is 11.8 Å². The first kappa shape index (κ1) is 18.0. The van der Waals surface area contributed by atoms with E-state index >= 15 is 0 Å². The van der Waals surface area contributed by atoms with Crippen LogP contribution in [0, 0.1) is 0 Å². The van der Waals surface area contributed by atoms with Gasteiger partial charge in [-0.15, -0.1) is 0 Å². The lowest BCUT2D eigenvalue weighted by Crippen LogP contribution is -2.31. The number of ether oxygens (including phenoxy) is 2. The number of fused-ring (bicyclic) bond motifs is 1. The molecule has 138 valence electrons. The highest BCUT2D eigenvalue weighted by atomic mass is 16.5. The van der Waals surface area contributed by atoms with Crippen LogP contribution in [0.15, 0.2) is 24.4 Å². The molecule has 7 nitrogen and oxygen atoms in total. The van der Waals surface area contributed by atoms with E-state index in [1.54, 1.807) is 24.4 Å². The van der Waals surface area contributed by atoms with Gasteiger partial charge >= 0.3 is 0 Å². The minimum absolute atomic E-state index is 0.0188. The van der Waals surface area contributed by atoms with E-state index in [4.69, 9.17) is 15.2 Å². The summed E-state index contributed by atoms with van der Waals surface area (Å²) in [5.74, 6) is 0.304. The molecule has 26 heavy (non-hydrogen) atoms. The summed E-state index contributed by atoms with van der Waals surface area (Å²) in [6.07, 6.45) is 2.87. The molecule has 1 aliphatic rings. The summed E-state index contributed by atoms with van der Waals surface area (Å²) in [5.41, 5.74) is 5.33. The fourth-order valence-electron chi connectivity index (χ4n) is 2.88. The van der Waals surface area contributed by atoms with Gasteiger partial charge in [0.1, 0.15) is 18.0 Å². The second-order valence-corrected chi connectivity index (χ2v) is 7.38. The number of nitrogens with two attached hydrogens (primary N) is 1. The molecule has 0 saturated carbocycles. The van der Waals surface area contributed by atoms with Crippen LogP contribution in [-0.4, -0.2) is 35.0 Å². The maximum Gasteiger partial charge on any atom is 0.252 e. The number of benzene rings is 1. The van der Waals surface area contributed by atoms with E-state index < -0.39 is 11.5 Å². The zero-order valence-electron chi connectivity index (χ0n) is 15.2. The van der Waals surface area contributed by atoms with Crippen molar-refractivity contribution in [2.75, 3.05) is 6.61 Å². The molecule has 2 aromatic rings. The van der Waals surface area contributed by atoms with Gasteiger partial charge < -0.3 is 20.5 Å². The van der Waals surface area contributed by atoms with Gasteiger partial charge in [-0.05, 0) is 50.8 Å². The number of hydrogen-bond acceptors (Lipinski definition) is 5. The van der Waals surface area contributed by atoms with Gasteiger partial charge in [-0.3, -0.25) is 9.59 Å². The van der Waals surface area contributed by atoms with Crippen molar-refractivity contribution in [2.45, 2.75) is 45.3 Å². The molecular formula is C19H23N3O4. The van der Waals surface area contributed by atoms with E-state index in [1.165, 1.54) is 0 Å². The number of nitrogens with one attached hydrogen (secondary N) is 1. The molecule has 1 aromatic heterocycles. The largest absolute Gasteiger partial charge is 0.487 e. The SMILES string of the molecule is CC(C)(C)Oc1cc2c(OC[C@@H]3CCC(=O)N3)nccc2cc1C(N)=O. The number of amides is 2. The van der Waals surface area contributed by atoms with E-state index in [1.807, 2.05) is 20.8 Å². The smallest absolute Gasteiger partial charge is 0.252 e. The molecule has 2 heterocycles. The van der Waals surface area contributed by atoms with Gasteiger partial charge in [0.25, 0.3) is 5.91 Å². The van der Waals surface area contributed by atoms with Crippen molar-refractivity contribution < 1.29 is 19.1 Å². The predicted octanol–water partition coefficient (Wildman–Crippen LogP) is 2.17. The monoisotopic (exact) mass is 357 g/mol. The number of aromatic nitrogens is 1. The van der Waals surface area contributed by atoms with Crippen molar-refractivity contribution in [1.82, 2.24) is 10.3 Å². The van der Waals surface area contributed by atoms with Gasteiger partial charge in [0.15, 0.2) is 0 Å². The van der Waals surface area contributed by atoms with E-state index in [0.29, 0.717) is 30.2 Å². The first-order chi connectivity index (χ1) is 12.2. The third-order valence-electron chi connectivity index (χ3n) is 4.02. The summed E-state index contributed by atoms with van der Waals surface area (Å²) in [5, 5.41) is 4.36. The van der Waals surface area contributed by atoms with Crippen LogP contribution >= 0.6 is 0 Å². The second kappa shape index (κ2) is 6.82. The number of carbonyl (C=O) groups excluding carboxylic acids is 2. The molecule has 0 radical (unpaired) electrons. The van der Waals surface area contributed by atoms with Gasteiger partial charge in [0, 0.05) is 18.0 Å². The van der Waals surface area contributed by atoms with Crippen molar-refractivity contribution in [2.24, 2.45) is 5.73 Å². The maximum atomic E-state index is 11.8. The molecule has 1 aliphatic heterocycles. The summed E-state index contributed by atoms with van der Waals surface area (Å²) >= 11 is 0. The Balaban J connectivity index is 1.95. The van der Waals surface area contributed by atoms with Crippen LogP contribution in [0.4, 0.5) is 0 Å². The first-order valence-electron chi connectivity index (χ1n) is 8.57. The van der Waals surface area contributed by atoms with E-state index in [9.17, 15) is 9.59 Å². The van der Waals surface area contributed by atoms with Crippen LogP contribution in [-0.2, 0) is 4.79 Å². The molecule has 0 aliphatic carbocycles. The highest BCUT2D eigenvalue weighted by molar-refractivity contribution is 6.01. The fourth-order valence-corrected chi connectivity index (χ4v) is 2.88. The quantitative estimate of drug-likeness (QED) is 0.853. The number of hydrogen-bond donors (Lipinski definition) is 2. The Morgan fingerprint density at radius 3 is 2.77 bits per heavy atom. The van der Waals surface area contributed by atoms with Crippen molar-refractivity contribution >= 4 is 22.6 Å². The molecule has 0 bridgehead atoms. The lowest BCUT2D eigenvalue weighted by atomic mass is 10.1. The fraction of sp³-hybridized carbons (Fsp3) is 0.421. The summed E-state index contributed by atoms with van der Waals surface area (Å²) in [6.45, 7) is 6.02. The number of rotatable bonds is 5. The lowest BCUT2D eigenvalue weighted by molar-refractivity contribution is -0.119. The van der Waals surface area contributed by atoms with E-state index in [-0.39, 0.29) is 11.9 Å². The standard InChI is InChI=1S/C19H23N3O4/c1-19(2,3)26-15-9-13-11(8-14(15)17(20)24)6-7-21-18(13)25-10-12-4-5-16(23)22-12/h6-9,12H,4-5,10H2,1-3H3,(H2,20,24)(H,22,23)/t12-/m0/s1. The molecule has 0 unspecified atom stereocenters. The van der Waals surface area contributed by atoms with Crippen LogP contribution in [0.25, 0.3) is 10.8 Å². The molecule has 1 aromatic carbocycles. The summed E-state index contributed by atoms with van der Waals surface area (Å²) < 4.78 is 11.7. The third-order valence-corrected chi connectivity index (χ3v) is 4.02. The topological polar surface area (TPSA) is 104 Å². The predicted molar refractivity (Wildman–Crippen MR) is 97.3 cm³/mol. The maximum absolute atomic E-state index is 11.8. The van der Waals surface area contributed by atoms with E-state index in [2.05, 4.69) is 10.3 Å². The molecule has 7 heteroatoms.